The average molecular weight is 318 g/mol. The lowest BCUT2D eigenvalue weighted by Crippen LogP contribution is -2.38. The number of hydrogen-bond acceptors (Lipinski definition) is 5. The molecule has 0 bridgehead atoms. The molecule has 0 spiro atoms. The molecule has 1 aromatic heterocycles. The molecule has 6 nitrogen and oxygen atoms in total. The van der Waals surface area contributed by atoms with Crippen molar-refractivity contribution in [2.24, 2.45) is 5.73 Å². The van der Waals surface area contributed by atoms with Crippen LogP contribution in [0.3, 0.4) is 0 Å². The number of carbonyl (C=O) groups excluding carboxylic acids is 1. The van der Waals surface area contributed by atoms with Crippen molar-refractivity contribution in [2.45, 2.75) is 17.9 Å². The number of hydroxylamine groups is 2. The van der Waals surface area contributed by atoms with Crippen molar-refractivity contribution in [2.75, 3.05) is 0 Å². The maximum Gasteiger partial charge on any atom is 0.339 e. The number of furan rings is 1. The molecule has 22 heavy (non-hydrogen) atoms. The molecule has 1 atom stereocenters. The predicted molar refractivity (Wildman–Crippen MR) is 82.0 cm³/mol. The highest BCUT2D eigenvalue weighted by Gasteiger charge is 2.13. The molecule has 2 rings (SSSR count). The molecule has 1 heterocycles. The summed E-state index contributed by atoms with van der Waals surface area (Å²) in [5, 5.41) is 9.68. The number of ether oxygens (including phenoxy) is 1. The van der Waals surface area contributed by atoms with Crippen molar-refractivity contribution in [1.82, 2.24) is 5.06 Å². The first-order chi connectivity index (χ1) is 10.5. The molecule has 7 heteroatoms. The van der Waals surface area contributed by atoms with E-state index in [9.17, 15) is 10.0 Å². The summed E-state index contributed by atoms with van der Waals surface area (Å²) in [6.07, 6.45) is 1.43. The zero-order valence-corrected chi connectivity index (χ0v) is 12.6. The van der Waals surface area contributed by atoms with Crippen molar-refractivity contribution in [3.05, 3.63) is 42.4 Å². The van der Waals surface area contributed by atoms with E-state index < -0.39 is 12.1 Å². The molecule has 3 N–H and O–H groups in total. The highest BCUT2D eigenvalue weighted by atomic mass is 32.1. The molecule has 114 valence electrons. The van der Waals surface area contributed by atoms with E-state index in [1.165, 1.54) is 13.2 Å². The van der Waals surface area contributed by atoms with Gasteiger partial charge in [0, 0.05) is 11.0 Å². The first-order valence-corrected chi connectivity index (χ1v) is 6.76. The maximum absolute atomic E-state index is 10.8. The number of benzene rings is 1. The average Bonchev–Trinajstić information content (AvgIpc) is 2.93. The number of primary amides is 1. The van der Waals surface area contributed by atoms with E-state index >= 15 is 0 Å². The Bertz CT molecular complexity index is 732. The van der Waals surface area contributed by atoms with Gasteiger partial charge in [0.25, 0.3) is 0 Å². The van der Waals surface area contributed by atoms with Gasteiger partial charge in [-0.1, -0.05) is 18.1 Å². The third-order valence-corrected chi connectivity index (χ3v) is 3.07. The summed E-state index contributed by atoms with van der Waals surface area (Å²) < 4.78 is 10.9. The van der Waals surface area contributed by atoms with E-state index in [-0.39, 0.29) is 5.76 Å². The van der Waals surface area contributed by atoms with Gasteiger partial charge in [-0.3, -0.25) is 5.21 Å². The number of nitrogens with zero attached hydrogens (tertiary/aromatic N) is 1. The zero-order chi connectivity index (χ0) is 16.1. The first-order valence-electron chi connectivity index (χ1n) is 6.31. The number of carbonyl (C=O) groups is 1. The number of rotatable bonds is 3. The smallest absolute Gasteiger partial charge is 0.339 e. The second-order valence-electron chi connectivity index (χ2n) is 4.31. The molecule has 0 saturated carbocycles. The maximum atomic E-state index is 10.8. The van der Waals surface area contributed by atoms with Gasteiger partial charge in [0.1, 0.15) is 11.8 Å². The molecular weight excluding hydrogens is 304 g/mol. The van der Waals surface area contributed by atoms with Crippen molar-refractivity contribution in [1.29, 1.82) is 0 Å². The standard InChI is InChI=1S/C15H14N2O4S/c1-10(17(19)15(16)18)6-7-11-12(8-9-20-11)21-13-4-2-3-5-14(13)22/h2-5,8-10,19,22H,1H3,(H2,16,18). The Balaban J connectivity index is 2.17. The van der Waals surface area contributed by atoms with Crippen LogP contribution >= 0.6 is 12.6 Å². The Morgan fingerprint density at radius 2 is 2.14 bits per heavy atom. The minimum absolute atomic E-state index is 0.265. The quantitative estimate of drug-likeness (QED) is 0.351. The van der Waals surface area contributed by atoms with Gasteiger partial charge in [0.15, 0.2) is 5.75 Å². The van der Waals surface area contributed by atoms with Crippen molar-refractivity contribution >= 4 is 18.7 Å². The summed E-state index contributed by atoms with van der Waals surface area (Å²) in [6, 6.07) is 7.06. The minimum Gasteiger partial charge on any atom is -0.452 e. The number of para-hydroxylation sites is 1. The normalized spacial score (nSPS) is 11.2. The molecule has 1 aromatic carbocycles. The fourth-order valence-electron chi connectivity index (χ4n) is 1.55. The summed E-state index contributed by atoms with van der Waals surface area (Å²) in [6.45, 7) is 1.52. The van der Waals surface area contributed by atoms with Crippen LogP contribution in [0, 0.1) is 11.8 Å². The van der Waals surface area contributed by atoms with Gasteiger partial charge in [-0.05, 0) is 25.0 Å². The molecular formula is C15H14N2O4S. The van der Waals surface area contributed by atoms with Crippen molar-refractivity contribution in [3.8, 4) is 23.3 Å². The van der Waals surface area contributed by atoms with E-state index in [4.69, 9.17) is 14.9 Å². The lowest BCUT2D eigenvalue weighted by Gasteiger charge is -2.14. The van der Waals surface area contributed by atoms with E-state index in [1.807, 2.05) is 12.1 Å². The van der Waals surface area contributed by atoms with Crippen molar-refractivity contribution in [3.63, 3.8) is 0 Å². The summed E-state index contributed by atoms with van der Waals surface area (Å²) in [5.74, 6) is 6.56. The van der Waals surface area contributed by atoms with E-state index in [2.05, 4.69) is 24.5 Å². The van der Waals surface area contributed by atoms with Crippen LogP contribution in [-0.4, -0.2) is 22.3 Å². The van der Waals surface area contributed by atoms with Crippen LogP contribution in [0.2, 0.25) is 0 Å². The molecule has 0 saturated heterocycles. The first kappa shape index (κ1) is 15.8. The monoisotopic (exact) mass is 318 g/mol. The van der Waals surface area contributed by atoms with Gasteiger partial charge in [0.05, 0.1) is 6.26 Å². The molecule has 0 aliphatic heterocycles. The number of urea groups is 1. The van der Waals surface area contributed by atoms with E-state index in [0.717, 1.165) is 0 Å². The molecule has 2 aromatic rings. The van der Waals surface area contributed by atoms with Crippen LogP contribution in [0.15, 0.2) is 45.9 Å². The summed E-state index contributed by atoms with van der Waals surface area (Å²) in [5.41, 5.74) is 4.95. The van der Waals surface area contributed by atoms with E-state index in [0.29, 0.717) is 21.5 Å². The molecule has 0 fully saturated rings. The Kier molecular flexibility index (Phi) is 4.99. The molecule has 0 aliphatic rings. The van der Waals surface area contributed by atoms with Gasteiger partial charge in [-0.15, -0.1) is 12.6 Å². The largest absolute Gasteiger partial charge is 0.452 e. The van der Waals surface area contributed by atoms with Crippen LogP contribution in [-0.2, 0) is 0 Å². The van der Waals surface area contributed by atoms with Crippen LogP contribution in [0.25, 0.3) is 0 Å². The Hall–Kier alpha value is -2.56. The molecule has 2 amide bonds. The third kappa shape index (κ3) is 3.75. The topological polar surface area (TPSA) is 88.9 Å². The SMILES string of the molecule is CC(C#Cc1occc1Oc1ccccc1S)N(O)C(N)=O. The van der Waals surface area contributed by atoms with Gasteiger partial charge >= 0.3 is 6.03 Å². The minimum atomic E-state index is -0.985. The second-order valence-corrected chi connectivity index (χ2v) is 4.79. The highest BCUT2D eigenvalue weighted by Crippen LogP contribution is 2.30. The highest BCUT2D eigenvalue weighted by molar-refractivity contribution is 7.80. The fourth-order valence-corrected chi connectivity index (χ4v) is 1.76. The molecule has 0 radical (unpaired) electrons. The van der Waals surface area contributed by atoms with Crippen LogP contribution in [0.4, 0.5) is 4.79 Å². The summed E-state index contributed by atoms with van der Waals surface area (Å²) in [7, 11) is 0. The van der Waals surface area contributed by atoms with Crippen LogP contribution < -0.4 is 10.5 Å². The summed E-state index contributed by atoms with van der Waals surface area (Å²) in [4.78, 5) is 11.5. The third-order valence-electron chi connectivity index (χ3n) is 2.70. The van der Waals surface area contributed by atoms with Gasteiger partial charge in [0.2, 0.25) is 5.76 Å². The second kappa shape index (κ2) is 6.93. The van der Waals surface area contributed by atoms with Crippen LogP contribution in [0.1, 0.15) is 12.7 Å². The van der Waals surface area contributed by atoms with E-state index in [1.54, 1.807) is 18.2 Å². The van der Waals surface area contributed by atoms with Gasteiger partial charge in [-0.2, -0.15) is 5.06 Å². The predicted octanol–water partition coefficient (Wildman–Crippen LogP) is 2.87. The number of hydrogen-bond donors (Lipinski definition) is 3. The lowest BCUT2D eigenvalue weighted by atomic mass is 10.3. The Morgan fingerprint density at radius 1 is 1.41 bits per heavy atom. The number of thiol groups is 1. The lowest BCUT2D eigenvalue weighted by molar-refractivity contribution is -0.0536. The summed E-state index contributed by atoms with van der Waals surface area (Å²) >= 11 is 4.29. The number of nitrogens with two attached hydrogens (primary N) is 1. The van der Waals surface area contributed by atoms with Crippen molar-refractivity contribution < 1.29 is 19.2 Å². The van der Waals surface area contributed by atoms with Gasteiger partial charge < -0.3 is 14.9 Å². The zero-order valence-electron chi connectivity index (χ0n) is 11.7. The number of amides is 2. The Morgan fingerprint density at radius 3 is 2.82 bits per heavy atom. The molecule has 1 unspecified atom stereocenters. The Labute approximate surface area is 132 Å². The van der Waals surface area contributed by atoms with Crippen LogP contribution in [0.5, 0.6) is 11.5 Å². The van der Waals surface area contributed by atoms with Gasteiger partial charge in [-0.25, -0.2) is 4.79 Å². The fraction of sp³-hybridized carbons (Fsp3) is 0.133. The molecule has 0 aliphatic carbocycles.